The highest BCUT2D eigenvalue weighted by Crippen LogP contribution is 2.28. The highest BCUT2D eigenvalue weighted by Gasteiger charge is 2.19. The maximum absolute atomic E-state index is 12.1. The van der Waals surface area contributed by atoms with Gasteiger partial charge in [0.05, 0.1) is 22.2 Å². The zero-order valence-corrected chi connectivity index (χ0v) is 12.5. The zero-order valence-electron chi connectivity index (χ0n) is 10.2. The lowest BCUT2D eigenvalue weighted by molar-refractivity contribution is 0.0536. The third-order valence-electron chi connectivity index (χ3n) is 3.04. The van der Waals surface area contributed by atoms with Gasteiger partial charge in [-0.25, -0.2) is 0 Å². The maximum atomic E-state index is 12.1. The Morgan fingerprint density at radius 3 is 2.58 bits per heavy atom. The molecule has 0 aliphatic carbocycles. The van der Waals surface area contributed by atoms with Gasteiger partial charge in [-0.1, -0.05) is 34.8 Å². The normalized spacial score (nSPS) is 19.2. The van der Waals surface area contributed by atoms with Crippen molar-refractivity contribution >= 4 is 40.7 Å². The van der Waals surface area contributed by atoms with E-state index in [-0.39, 0.29) is 21.5 Å². The van der Waals surface area contributed by atoms with Crippen LogP contribution in [0.25, 0.3) is 0 Å². The summed E-state index contributed by atoms with van der Waals surface area (Å²) in [5.74, 6) is 0.0693. The van der Waals surface area contributed by atoms with Crippen molar-refractivity contribution in [2.75, 3.05) is 19.8 Å². The first-order valence-electron chi connectivity index (χ1n) is 6.08. The fourth-order valence-electron chi connectivity index (χ4n) is 2.05. The Bertz CT molecular complexity index is 450. The van der Waals surface area contributed by atoms with E-state index < -0.39 is 0 Å². The largest absolute Gasteiger partial charge is 0.381 e. The molecule has 1 N–H and O–H groups in total. The molecule has 0 saturated carbocycles. The molecule has 1 fully saturated rings. The summed E-state index contributed by atoms with van der Waals surface area (Å²) >= 11 is 17.8. The van der Waals surface area contributed by atoms with Gasteiger partial charge in [0.25, 0.3) is 5.91 Å². The first-order valence-corrected chi connectivity index (χ1v) is 7.22. The number of ether oxygens (including phenoxy) is 1. The average molecular weight is 323 g/mol. The standard InChI is InChI=1S/C13H14Cl3NO2/c14-9-4-10(15)12(11(16)5-9)13(18)17-6-8-2-1-3-19-7-8/h4-5,8H,1-3,6-7H2,(H,17,18)/t8-/m0/s1. The van der Waals surface area contributed by atoms with Gasteiger partial charge in [0.1, 0.15) is 0 Å². The van der Waals surface area contributed by atoms with Crippen molar-refractivity contribution in [1.29, 1.82) is 0 Å². The molecule has 1 heterocycles. The Kier molecular flexibility index (Phi) is 5.34. The number of halogens is 3. The second-order valence-corrected chi connectivity index (χ2v) is 5.79. The van der Waals surface area contributed by atoms with E-state index in [1.54, 1.807) is 0 Å². The Hall–Kier alpha value is -0.480. The van der Waals surface area contributed by atoms with Gasteiger partial charge in [0.2, 0.25) is 0 Å². The molecule has 0 bridgehead atoms. The summed E-state index contributed by atoms with van der Waals surface area (Å²) in [6.07, 6.45) is 2.09. The van der Waals surface area contributed by atoms with Crippen molar-refractivity contribution in [3.8, 4) is 0 Å². The number of carbonyl (C=O) groups is 1. The van der Waals surface area contributed by atoms with E-state index >= 15 is 0 Å². The van der Waals surface area contributed by atoms with E-state index in [0.29, 0.717) is 24.1 Å². The number of amides is 1. The van der Waals surface area contributed by atoms with Crippen LogP contribution in [0, 0.1) is 5.92 Å². The Labute approximate surface area is 127 Å². The molecule has 3 nitrogen and oxygen atoms in total. The van der Waals surface area contributed by atoms with E-state index in [4.69, 9.17) is 39.5 Å². The number of benzene rings is 1. The number of rotatable bonds is 3. The third-order valence-corrected chi connectivity index (χ3v) is 3.85. The smallest absolute Gasteiger partial charge is 0.254 e. The summed E-state index contributed by atoms with van der Waals surface area (Å²) in [6.45, 7) is 2.05. The molecule has 0 unspecified atom stereocenters. The molecule has 1 aliphatic heterocycles. The van der Waals surface area contributed by atoms with Crippen LogP contribution < -0.4 is 5.32 Å². The summed E-state index contributed by atoms with van der Waals surface area (Å²) < 4.78 is 5.36. The van der Waals surface area contributed by atoms with Crippen LogP contribution >= 0.6 is 34.8 Å². The first-order chi connectivity index (χ1) is 9.08. The molecule has 1 saturated heterocycles. The van der Waals surface area contributed by atoms with Gasteiger partial charge < -0.3 is 10.1 Å². The van der Waals surface area contributed by atoms with Gasteiger partial charge in [0, 0.05) is 18.2 Å². The molecule has 1 aromatic rings. The van der Waals surface area contributed by atoms with Crippen molar-refractivity contribution in [3.63, 3.8) is 0 Å². The van der Waals surface area contributed by atoms with E-state index in [0.717, 1.165) is 19.4 Å². The van der Waals surface area contributed by atoms with E-state index in [9.17, 15) is 4.79 Å². The van der Waals surface area contributed by atoms with Crippen molar-refractivity contribution < 1.29 is 9.53 Å². The SMILES string of the molecule is O=C(NC[C@@H]1CCCOC1)c1c(Cl)cc(Cl)cc1Cl. The summed E-state index contributed by atoms with van der Waals surface area (Å²) in [4.78, 5) is 12.1. The molecular weight excluding hydrogens is 309 g/mol. The quantitative estimate of drug-likeness (QED) is 0.919. The second kappa shape index (κ2) is 6.80. The number of nitrogens with one attached hydrogen (secondary N) is 1. The third kappa shape index (κ3) is 3.99. The van der Waals surface area contributed by atoms with Gasteiger partial charge in [0.15, 0.2) is 0 Å². The predicted molar refractivity (Wildman–Crippen MR) is 77.3 cm³/mol. The Morgan fingerprint density at radius 1 is 1.32 bits per heavy atom. The molecule has 1 aromatic carbocycles. The fourth-order valence-corrected chi connectivity index (χ4v) is 3.04. The topological polar surface area (TPSA) is 38.3 Å². The summed E-state index contributed by atoms with van der Waals surface area (Å²) in [5.41, 5.74) is 0.268. The summed E-state index contributed by atoms with van der Waals surface area (Å²) in [7, 11) is 0. The van der Waals surface area contributed by atoms with Gasteiger partial charge in [-0.2, -0.15) is 0 Å². The minimum Gasteiger partial charge on any atom is -0.381 e. The van der Waals surface area contributed by atoms with Crippen LogP contribution in [0.15, 0.2) is 12.1 Å². The van der Waals surface area contributed by atoms with Crippen LogP contribution in [0.4, 0.5) is 0 Å². The summed E-state index contributed by atoms with van der Waals surface area (Å²) in [5, 5.41) is 3.77. The minimum absolute atomic E-state index is 0.259. The van der Waals surface area contributed by atoms with E-state index in [2.05, 4.69) is 5.32 Å². The molecule has 0 aromatic heterocycles. The minimum atomic E-state index is -0.280. The lowest BCUT2D eigenvalue weighted by atomic mass is 10.0. The molecule has 0 spiro atoms. The number of hydrogen-bond acceptors (Lipinski definition) is 2. The molecule has 1 aliphatic rings. The van der Waals surface area contributed by atoms with Gasteiger partial charge in [-0.15, -0.1) is 0 Å². The van der Waals surface area contributed by atoms with Crippen LogP contribution in [-0.2, 0) is 4.74 Å². The lowest BCUT2D eigenvalue weighted by Crippen LogP contribution is -2.33. The van der Waals surface area contributed by atoms with Crippen LogP contribution in [-0.4, -0.2) is 25.7 Å². The molecule has 19 heavy (non-hydrogen) atoms. The molecular formula is C13H14Cl3NO2. The average Bonchev–Trinajstić information content (AvgIpc) is 2.36. The lowest BCUT2D eigenvalue weighted by Gasteiger charge is -2.22. The van der Waals surface area contributed by atoms with Crippen LogP contribution in [0.2, 0.25) is 15.1 Å². The maximum Gasteiger partial charge on any atom is 0.254 e. The van der Waals surface area contributed by atoms with E-state index in [1.807, 2.05) is 0 Å². The van der Waals surface area contributed by atoms with Crippen molar-refractivity contribution in [2.24, 2.45) is 5.92 Å². The number of hydrogen-bond donors (Lipinski definition) is 1. The first kappa shape index (κ1) is 14.9. The molecule has 0 radical (unpaired) electrons. The van der Waals surface area contributed by atoms with Gasteiger partial charge >= 0.3 is 0 Å². The van der Waals surface area contributed by atoms with Crippen molar-refractivity contribution in [1.82, 2.24) is 5.32 Å². The van der Waals surface area contributed by atoms with Crippen LogP contribution in [0.3, 0.4) is 0 Å². The summed E-state index contributed by atoms with van der Waals surface area (Å²) in [6, 6.07) is 3.02. The molecule has 104 valence electrons. The molecule has 2 rings (SSSR count). The van der Waals surface area contributed by atoms with Crippen molar-refractivity contribution in [3.05, 3.63) is 32.8 Å². The number of carbonyl (C=O) groups excluding carboxylic acids is 1. The van der Waals surface area contributed by atoms with Crippen molar-refractivity contribution in [2.45, 2.75) is 12.8 Å². The van der Waals surface area contributed by atoms with Crippen LogP contribution in [0.1, 0.15) is 23.2 Å². The highest BCUT2D eigenvalue weighted by molar-refractivity contribution is 6.42. The fraction of sp³-hybridized carbons (Fsp3) is 0.462. The predicted octanol–water partition coefficient (Wildman–Crippen LogP) is 3.80. The van der Waals surface area contributed by atoms with E-state index in [1.165, 1.54) is 12.1 Å². The molecule has 6 heteroatoms. The Morgan fingerprint density at radius 2 is 2.00 bits per heavy atom. The zero-order chi connectivity index (χ0) is 13.8. The Balaban J connectivity index is 1.99. The monoisotopic (exact) mass is 321 g/mol. The molecule has 1 amide bonds. The van der Waals surface area contributed by atoms with Gasteiger partial charge in [-0.05, 0) is 30.9 Å². The van der Waals surface area contributed by atoms with Gasteiger partial charge in [-0.3, -0.25) is 4.79 Å². The molecule has 1 atom stereocenters. The second-order valence-electron chi connectivity index (χ2n) is 4.54. The highest BCUT2D eigenvalue weighted by atomic mass is 35.5. The van der Waals surface area contributed by atoms with Crippen LogP contribution in [0.5, 0.6) is 0 Å².